The van der Waals surface area contributed by atoms with E-state index in [1.165, 1.54) is 52.4 Å². The van der Waals surface area contributed by atoms with E-state index in [0.717, 1.165) is 12.4 Å². The maximum atomic E-state index is 15.2. The minimum Gasteiger partial charge on any atom is -0.618 e. The standard InChI is InChI=1S/C23H16Cl2F5N9O2/c24-14-2-4-18(38-11-31-34-35-38)19(20(14)26)12-1-3-17(39(40)9-12)16(5-6-41-23(29)30)36-8-13(7-32-36)21-15(25)10-37(33-21)22(27)28/h1-4,7-11,16,22-23H,5-6H2/t16-/m0/s1. The quantitative estimate of drug-likeness (QED) is 0.122. The number of nitrogens with zero attached hydrogens (tertiary/aromatic N) is 9. The lowest BCUT2D eigenvalue weighted by atomic mass is 10.0. The Labute approximate surface area is 236 Å². The van der Waals surface area contributed by atoms with Crippen molar-refractivity contribution in [2.24, 2.45) is 0 Å². The summed E-state index contributed by atoms with van der Waals surface area (Å²) in [6.07, 6.45) is 5.75. The van der Waals surface area contributed by atoms with E-state index in [1.54, 1.807) is 0 Å². The summed E-state index contributed by atoms with van der Waals surface area (Å²) in [4.78, 5) is 0. The van der Waals surface area contributed by atoms with Gasteiger partial charge in [-0.1, -0.05) is 23.2 Å². The van der Waals surface area contributed by atoms with Gasteiger partial charge in [0.05, 0.1) is 45.9 Å². The lowest BCUT2D eigenvalue weighted by molar-refractivity contribution is -0.615. The number of alkyl halides is 4. The van der Waals surface area contributed by atoms with Crippen LogP contribution >= 0.6 is 23.2 Å². The number of benzene rings is 1. The van der Waals surface area contributed by atoms with Crippen molar-refractivity contribution < 1.29 is 31.4 Å². The molecule has 1 aromatic carbocycles. The topological polar surface area (TPSA) is 115 Å². The molecule has 0 saturated carbocycles. The molecule has 0 unspecified atom stereocenters. The number of tetrazole rings is 1. The molecule has 5 aromatic rings. The van der Waals surface area contributed by atoms with Crippen molar-refractivity contribution in [1.29, 1.82) is 0 Å². The molecule has 18 heteroatoms. The molecule has 0 N–H and O–H groups in total. The van der Waals surface area contributed by atoms with Crippen LogP contribution in [-0.4, -0.2) is 53.0 Å². The number of hydrogen-bond acceptors (Lipinski definition) is 7. The van der Waals surface area contributed by atoms with Crippen LogP contribution in [0.3, 0.4) is 0 Å². The van der Waals surface area contributed by atoms with E-state index in [1.807, 2.05) is 0 Å². The summed E-state index contributed by atoms with van der Waals surface area (Å²) >= 11 is 12.1. The normalized spacial score (nSPS) is 12.5. The largest absolute Gasteiger partial charge is 0.618 e. The number of halogens is 7. The van der Waals surface area contributed by atoms with Crippen LogP contribution in [0.2, 0.25) is 10.0 Å². The van der Waals surface area contributed by atoms with Crippen molar-refractivity contribution in [1.82, 2.24) is 39.8 Å². The van der Waals surface area contributed by atoms with Gasteiger partial charge >= 0.3 is 13.2 Å². The van der Waals surface area contributed by atoms with Crippen molar-refractivity contribution in [3.05, 3.63) is 82.1 Å². The van der Waals surface area contributed by atoms with Gasteiger partial charge in [-0.3, -0.25) is 4.68 Å². The first-order valence-corrected chi connectivity index (χ1v) is 12.3. The van der Waals surface area contributed by atoms with E-state index in [-0.39, 0.29) is 50.2 Å². The fraction of sp³-hybridized carbons (Fsp3) is 0.217. The fourth-order valence-electron chi connectivity index (χ4n) is 4.16. The third kappa shape index (κ3) is 5.84. The van der Waals surface area contributed by atoms with Crippen LogP contribution < -0.4 is 4.73 Å². The van der Waals surface area contributed by atoms with Crippen LogP contribution in [0.25, 0.3) is 28.1 Å². The van der Waals surface area contributed by atoms with Gasteiger partial charge in [0, 0.05) is 24.2 Å². The third-order valence-corrected chi connectivity index (χ3v) is 6.53. The minimum atomic E-state index is -3.06. The zero-order valence-electron chi connectivity index (χ0n) is 20.3. The molecule has 4 heterocycles. The van der Waals surface area contributed by atoms with E-state index < -0.39 is 31.6 Å². The summed E-state index contributed by atoms with van der Waals surface area (Å²) in [5.41, 5.74) is 0.500. The second-order valence-corrected chi connectivity index (χ2v) is 9.22. The maximum Gasteiger partial charge on any atom is 0.345 e. The summed E-state index contributed by atoms with van der Waals surface area (Å²) < 4.78 is 74.3. The lowest BCUT2D eigenvalue weighted by Crippen LogP contribution is -2.36. The van der Waals surface area contributed by atoms with Gasteiger partial charge in [0.1, 0.15) is 18.1 Å². The summed E-state index contributed by atoms with van der Waals surface area (Å²) in [5, 5.41) is 31.8. The van der Waals surface area contributed by atoms with Gasteiger partial charge in [-0.15, -0.1) is 5.10 Å². The van der Waals surface area contributed by atoms with Crippen molar-refractivity contribution in [2.45, 2.75) is 25.6 Å². The Kier molecular flexibility index (Phi) is 8.14. The molecule has 0 bridgehead atoms. The molecule has 1 atom stereocenters. The van der Waals surface area contributed by atoms with Gasteiger partial charge < -0.3 is 9.94 Å². The van der Waals surface area contributed by atoms with Gasteiger partial charge in [-0.2, -0.15) is 37.2 Å². The van der Waals surface area contributed by atoms with Crippen molar-refractivity contribution in [3.8, 4) is 28.1 Å². The van der Waals surface area contributed by atoms with Crippen LogP contribution in [-0.2, 0) is 4.74 Å². The van der Waals surface area contributed by atoms with Gasteiger partial charge in [0.2, 0.25) is 5.69 Å². The average molecular weight is 616 g/mol. The molecule has 11 nitrogen and oxygen atoms in total. The van der Waals surface area contributed by atoms with E-state index in [4.69, 9.17) is 23.2 Å². The van der Waals surface area contributed by atoms with Crippen LogP contribution in [0, 0.1) is 11.0 Å². The molecule has 0 radical (unpaired) electrons. The van der Waals surface area contributed by atoms with E-state index in [0.29, 0.717) is 9.41 Å². The minimum absolute atomic E-state index is 0.00212. The molecule has 0 aliphatic heterocycles. The number of ether oxygens (including phenoxy) is 1. The molecule has 0 fully saturated rings. The number of rotatable bonds is 10. The highest BCUT2D eigenvalue weighted by Crippen LogP contribution is 2.34. The molecule has 5 rings (SSSR count). The Balaban J connectivity index is 1.54. The molecule has 0 aliphatic rings. The monoisotopic (exact) mass is 615 g/mol. The Hall–Kier alpha value is -4.15. The highest BCUT2D eigenvalue weighted by molar-refractivity contribution is 6.33. The van der Waals surface area contributed by atoms with Crippen molar-refractivity contribution in [2.75, 3.05) is 6.61 Å². The number of aromatic nitrogens is 9. The molecule has 0 amide bonds. The van der Waals surface area contributed by atoms with E-state index in [2.05, 4.69) is 30.5 Å². The zero-order chi connectivity index (χ0) is 29.3. The highest BCUT2D eigenvalue weighted by atomic mass is 35.5. The second-order valence-electron chi connectivity index (χ2n) is 8.41. The first-order chi connectivity index (χ1) is 19.6. The van der Waals surface area contributed by atoms with Crippen LogP contribution in [0.4, 0.5) is 22.0 Å². The summed E-state index contributed by atoms with van der Waals surface area (Å²) in [6.45, 7) is -6.45. The Morgan fingerprint density at radius 3 is 2.46 bits per heavy atom. The molecule has 0 aliphatic carbocycles. The highest BCUT2D eigenvalue weighted by Gasteiger charge is 2.27. The first kappa shape index (κ1) is 28.4. The van der Waals surface area contributed by atoms with Gasteiger partial charge in [-0.25, -0.2) is 9.07 Å². The number of pyridine rings is 1. The molecular formula is C23H16Cl2F5N9O2. The molecule has 41 heavy (non-hydrogen) atoms. The number of hydrogen-bond donors (Lipinski definition) is 0. The second kappa shape index (κ2) is 11.8. The van der Waals surface area contributed by atoms with Gasteiger partial charge in [0.25, 0.3) is 0 Å². The van der Waals surface area contributed by atoms with Crippen molar-refractivity contribution in [3.63, 3.8) is 0 Å². The van der Waals surface area contributed by atoms with Gasteiger partial charge in [-0.05, 0) is 28.6 Å². The Bertz CT molecular complexity index is 1660. The summed E-state index contributed by atoms with van der Waals surface area (Å²) in [6, 6.07) is 4.59. The fourth-order valence-corrected chi connectivity index (χ4v) is 4.56. The Morgan fingerprint density at radius 1 is 1.00 bits per heavy atom. The van der Waals surface area contributed by atoms with Crippen LogP contribution in [0.5, 0.6) is 0 Å². The first-order valence-electron chi connectivity index (χ1n) is 11.6. The summed E-state index contributed by atoms with van der Waals surface area (Å²) in [7, 11) is 0. The Morgan fingerprint density at radius 2 is 1.80 bits per heavy atom. The smallest absolute Gasteiger partial charge is 0.345 e. The predicted molar refractivity (Wildman–Crippen MR) is 133 cm³/mol. The molecule has 0 saturated heterocycles. The van der Waals surface area contributed by atoms with Crippen LogP contribution in [0.1, 0.15) is 24.7 Å². The predicted octanol–water partition coefficient (Wildman–Crippen LogP) is 5.08. The molecule has 0 spiro atoms. The molecule has 214 valence electrons. The third-order valence-electron chi connectivity index (χ3n) is 5.96. The van der Waals surface area contributed by atoms with Gasteiger partial charge in [0.15, 0.2) is 12.0 Å². The molecular weight excluding hydrogens is 600 g/mol. The SMILES string of the molecule is [O-][n+]1cc(-c2c(-n3cnnn3)ccc(Cl)c2F)ccc1[C@H](CCOC(F)F)n1cc(-c2nn(C(F)F)cc2Cl)cn1. The lowest BCUT2D eigenvalue weighted by Gasteiger charge is -2.18. The van der Waals surface area contributed by atoms with Crippen LogP contribution in [0.15, 0.2) is 55.4 Å². The maximum absolute atomic E-state index is 15.2. The summed E-state index contributed by atoms with van der Waals surface area (Å²) in [5.74, 6) is -0.828. The zero-order valence-corrected chi connectivity index (χ0v) is 21.8. The molecule has 4 aromatic heterocycles. The van der Waals surface area contributed by atoms with Crippen molar-refractivity contribution >= 4 is 23.2 Å². The van der Waals surface area contributed by atoms with E-state index >= 15 is 4.39 Å². The average Bonchev–Trinajstić information content (AvgIpc) is 3.70. The van der Waals surface area contributed by atoms with E-state index in [9.17, 15) is 22.8 Å².